The Morgan fingerprint density at radius 3 is 2.52 bits per heavy atom. The Labute approximate surface area is 133 Å². The van der Waals surface area contributed by atoms with E-state index >= 15 is 0 Å². The van der Waals surface area contributed by atoms with Gasteiger partial charge in [-0.25, -0.2) is 9.59 Å². The average molecular weight is 321 g/mol. The van der Waals surface area contributed by atoms with Crippen molar-refractivity contribution in [1.82, 2.24) is 4.90 Å². The van der Waals surface area contributed by atoms with Crippen LogP contribution in [-0.4, -0.2) is 47.2 Å². The van der Waals surface area contributed by atoms with E-state index in [1.807, 2.05) is 18.2 Å². The van der Waals surface area contributed by atoms with Crippen LogP contribution >= 0.6 is 0 Å². The molecule has 2 rings (SSSR count). The molecule has 124 valence electrons. The molecule has 1 aromatic rings. The zero-order valence-corrected chi connectivity index (χ0v) is 12.8. The Bertz CT molecular complexity index is 573. The molecule has 0 spiro atoms. The van der Waals surface area contributed by atoms with E-state index in [2.05, 4.69) is 0 Å². The third-order valence-electron chi connectivity index (χ3n) is 3.68. The quantitative estimate of drug-likeness (QED) is 0.829. The van der Waals surface area contributed by atoms with Gasteiger partial charge in [0.25, 0.3) is 0 Å². The van der Waals surface area contributed by atoms with Crippen molar-refractivity contribution in [1.29, 1.82) is 0 Å². The summed E-state index contributed by atoms with van der Waals surface area (Å²) in [6.07, 6.45) is -0.496. The zero-order chi connectivity index (χ0) is 16.8. The molecular weight excluding hydrogens is 302 g/mol. The number of carboxylic acids is 1. The van der Waals surface area contributed by atoms with E-state index in [1.54, 1.807) is 19.1 Å². The first-order chi connectivity index (χ1) is 11.0. The highest BCUT2D eigenvalue weighted by Crippen LogP contribution is 2.27. The molecule has 0 saturated carbocycles. The predicted molar refractivity (Wildman–Crippen MR) is 79.5 cm³/mol. The number of esters is 1. The van der Waals surface area contributed by atoms with E-state index in [-0.39, 0.29) is 26.2 Å². The summed E-state index contributed by atoms with van der Waals surface area (Å²) < 4.78 is 10.0. The summed E-state index contributed by atoms with van der Waals surface area (Å²) >= 11 is 0. The number of hydrogen-bond acceptors (Lipinski definition) is 5. The molecule has 0 bridgehead atoms. The number of benzene rings is 1. The number of carboxylic acid groups (broad SMARTS) is 1. The number of amides is 1. The maximum absolute atomic E-state index is 12.1. The van der Waals surface area contributed by atoms with E-state index in [0.717, 1.165) is 10.5 Å². The summed E-state index contributed by atoms with van der Waals surface area (Å²) in [6.45, 7) is 2.01. The maximum atomic E-state index is 12.1. The van der Waals surface area contributed by atoms with E-state index < -0.39 is 30.0 Å². The number of hydrogen-bond donors (Lipinski definition) is 1. The van der Waals surface area contributed by atoms with Crippen LogP contribution in [0, 0.1) is 5.92 Å². The second-order valence-electron chi connectivity index (χ2n) is 5.16. The molecule has 1 saturated heterocycles. The average Bonchev–Trinajstić information content (AvgIpc) is 2.99. The Kier molecular flexibility index (Phi) is 5.56. The van der Waals surface area contributed by atoms with Crippen molar-refractivity contribution in [3.8, 4) is 0 Å². The van der Waals surface area contributed by atoms with Crippen LogP contribution in [0.25, 0.3) is 0 Å². The van der Waals surface area contributed by atoms with Crippen molar-refractivity contribution in [3.05, 3.63) is 35.9 Å². The molecule has 23 heavy (non-hydrogen) atoms. The number of nitrogens with zero attached hydrogens (tertiary/aromatic N) is 1. The van der Waals surface area contributed by atoms with Crippen molar-refractivity contribution in [2.75, 3.05) is 13.2 Å². The topological polar surface area (TPSA) is 93.1 Å². The van der Waals surface area contributed by atoms with Crippen molar-refractivity contribution in [3.63, 3.8) is 0 Å². The van der Waals surface area contributed by atoms with Crippen LogP contribution in [0.2, 0.25) is 0 Å². The number of ether oxygens (including phenoxy) is 2. The maximum Gasteiger partial charge on any atom is 0.410 e. The number of rotatable bonds is 5. The molecule has 1 amide bonds. The van der Waals surface area contributed by atoms with Crippen LogP contribution in [-0.2, 0) is 25.7 Å². The number of aliphatic carboxylic acids is 1. The van der Waals surface area contributed by atoms with Gasteiger partial charge >= 0.3 is 18.0 Å². The molecule has 0 radical (unpaired) electrons. The fourth-order valence-electron chi connectivity index (χ4n) is 2.60. The van der Waals surface area contributed by atoms with Crippen molar-refractivity contribution in [2.45, 2.75) is 26.0 Å². The van der Waals surface area contributed by atoms with Gasteiger partial charge in [-0.15, -0.1) is 0 Å². The van der Waals surface area contributed by atoms with Gasteiger partial charge < -0.3 is 14.6 Å². The minimum atomic E-state index is -1.25. The summed E-state index contributed by atoms with van der Waals surface area (Å²) in [4.78, 5) is 36.5. The highest BCUT2D eigenvalue weighted by molar-refractivity contribution is 5.88. The lowest BCUT2D eigenvalue weighted by atomic mass is 10.0. The molecule has 0 aliphatic carbocycles. The van der Waals surface area contributed by atoms with Gasteiger partial charge in [0.1, 0.15) is 12.6 Å². The van der Waals surface area contributed by atoms with Crippen LogP contribution in [0.3, 0.4) is 0 Å². The lowest BCUT2D eigenvalue weighted by Crippen LogP contribution is -2.45. The molecule has 0 aromatic heterocycles. The zero-order valence-electron chi connectivity index (χ0n) is 12.8. The van der Waals surface area contributed by atoms with E-state index in [1.165, 1.54) is 0 Å². The van der Waals surface area contributed by atoms with E-state index in [0.29, 0.717) is 0 Å². The summed E-state index contributed by atoms with van der Waals surface area (Å²) in [5.74, 6) is -2.70. The summed E-state index contributed by atoms with van der Waals surface area (Å²) in [6, 6.07) is 7.82. The van der Waals surface area contributed by atoms with Crippen LogP contribution in [0.5, 0.6) is 0 Å². The third-order valence-corrected chi connectivity index (χ3v) is 3.68. The summed E-state index contributed by atoms with van der Waals surface area (Å²) in [7, 11) is 0. The van der Waals surface area contributed by atoms with Gasteiger partial charge in [0, 0.05) is 6.54 Å². The van der Waals surface area contributed by atoms with Crippen LogP contribution in [0.1, 0.15) is 18.9 Å². The minimum absolute atomic E-state index is 0.0482. The molecule has 1 heterocycles. The first kappa shape index (κ1) is 16.8. The van der Waals surface area contributed by atoms with Crippen LogP contribution in [0.15, 0.2) is 30.3 Å². The van der Waals surface area contributed by atoms with Gasteiger partial charge in [0.15, 0.2) is 0 Å². The van der Waals surface area contributed by atoms with Gasteiger partial charge in [-0.3, -0.25) is 9.69 Å². The summed E-state index contributed by atoms with van der Waals surface area (Å²) in [5.41, 5.74) is 0.800. The van der Waals surface area contributed by atoms with Gasteiger partial charge in [0.2, 0.25) is 0 Å². The predicted octanol–water partition coefficient (Wildman–Crippen LogP) is 1.66. The van der Waals surface area contributed by atoms with Gasteiger partial charge in [-0.2, -0.15) is 0 Å². The Hall–Kier alpha value is -2.57. The lowest BCUT2D eigenvalue weighted by molar-refractivity contribution is -0.155. The number of carbonyl (C=O) groups excluding carboxylic acids is 2. The summed E-state index contributed by atoms with van der Waals surface area (Å²) in [5, 5.41) is 9.35. The Balaban J connectivity index is 2.01. The Morgan fingerprint density at radius 1 is 1.22 bits per heavy atom. The smallest absolute Gasteiger partial charge is 0.410 e. The van der Waals surface area contributed by atoms with Crippen molar-refractivity contribution < 1.29 is 29.0 Å². The fourth-order valence-corrected chi connectivity index (χ4v) is 2.60. The van der Waals surface area contributed by atoms with Gasteiger partial charge in [0.05, 0.1) is 12.5 Å². The third kappa shape index (κ3) is 4.00. The SMILES string of the molecule is CCOC(=O)[C@H]1CCN(C(=O)OCc2ccccc2)[C@H]1C(=O)O. The molecule has 1 aromatic carbocycles. The second kappa shape index (κ2) is 7.62. The second-order valence-corrected chi connectivity index (χ2v) is 5.16. The minimum Gasteiger partial charge on any atom is -0.480 e. The molecule has 7 nitrogen and oxygen atoms in total. The standard InChI is InChI=1S/C16H19NO6/c1-2-22-15(20)12-8-9-17(13(12)14(18)19)16(21)23-10-11-6-4-3-5-7-11/h3-7,12-13H,2,8-10H2,1H3,(H,18,19)/t12-,13+/m0/s1. The molecule has 1 aliphatic heterocycles. The molecule has 2 atom stereocenters. The number of carbonyl (C=O) groups is 3. The molecule has 1 fully saturated rings. The highest BCUT2D eigenvalue weighted by Gasteiger charge is 2.47. The largest absolute Gasteiger partial charge is 0.480 e. The van der Waals surface area contributed by atoms with Crippen LogP contribution < -0.4 is 0 Å². The van der Waals surface area contributed by atoms with Crippen molar-refractivity contribution >= 4 is 18.0 Å². The van der Waals surface area contributed by atoms with Gasteiger partial charge in [-0.1, -0.05) is 30.3 Å². The molecule has 7 heteroatoms. The first-order valence-electron chi connectivity index (χ1n) is 7.41. The van der Waals surface area contributed by atoms with E-state index in [4.69, 9.17) is 9.47 Å². The lowest BCUT2D eigenvalue weighted by Gasteiger charge is -2.23. The van der Waals surface area contributed by atoms with Crippen LogP contribution in [0.4, 0.5) is 4.79 Å². The monoisotopic (exact) mass is 321 g/mol. The molecule has 1 aliphatic rings. The first-order valence-corrected chi connectivity index (χ1v) is 7.41. The normalized spacial score (nSPS) is 20.1. The van der Waals surface area contributed by atoms with E-state index in [9.17, 15) is 19.5 Å². The molecule has 0 unspecified atom stereocenters. The van der Waals surface area contributed by atoms with Gasteiger partial charge in [-0.05, 0) is 18.9 Å². The molecule has 1 N–H and O–H groups in total. The molecular formula is C16H19NO6. The number of likely N-dealkylation sites (tertiary alicyclic amines) is 1. The van der Waals surface area contributed by atoms with Crippen molar-refractivity contribution in [2.24, 2.45) is 5.92 Å². The highest BCUT2D eigenvalue weighted by atomic mass is 16.6. The fraction of sp³-hybridized carbons (Fsp3) is 0.438. The Morgan fingerprint density at radius 2 is 1.91 bits per heavy atom.